The number of amides is 1. The van der Waals surface area contributed by atoms with Gasteiger partial charge in [0.1, 0.15) is 11.4 Å². The molecule has 0 saturated heterocycles. The van der Waals surface area contributed by atoms with Gasteiger partial charge in [-0.05, 0) is 30.7 Å². The largest absolute Gasteiger partial charge is 0.755 e. The fourth-order valence-corrected chi connectivity index (χ4v) is 4.45. The third-order valence-electron chi connectivity index (χ3n) is 4.23. The predicted octanol–water partition coefficient (Wildman–Crippen LogP) is 3.56. The van der Waals surface area contributed by atoms with Gasteiger partial charge in [0, 0.05) is 4.88 Å². The van der Waals surface area contributed by atoms with E-state index in [9.17, 15) is 18.4 Å². The second kappa shape index (κ2) is 9.66. The van der Waals surface area contributed by atoms with E-state index in [0.29, 0.717) is 5.69 Å². The third-order valence-corrected chi connectivity index (χ3v) is 6.11. The van der Waals surface area contributed by atoms with Crippen LogP contribution in [0.1, 0.15) is 15.2 Å². The standard InChI is InChI=1S/C21H20N2O5S2/c1-14-8-10-16(11-9-14)23(30(26)27)17-12-18(15-6-4-3-5-7-15)29-20(17)21(25)22-13-19(24)28-2/h3-12H,13H2,1-2H3,(H,22,25)(H,26,27)/p-1. The number of anilines is 2. The zero-order valence-corrected chi connectivity index (χ0v) is 17.9. The summed E-state index contributed by atoms with van der Waals surface area (Å²) >= 11 is -1.53. The molecule has 0 spiro atoms. The van der Waals surface area contributed by atoms with Crippen molar-refractivity contribution in [2.45, 2.75) is 6.92 Å². The number of esters is 1. The van der Waals surface area contributed by atoms with E-state index in [1.54, 1.807) is 30.3 Å². The molecule has 2 aromatic carbocycles. The minimum absolute atomic E-state index is 0.169. The van der Waals surface area contributed by atoms with Crippen molar-refractivity contribution in [2.75, 3.05) is 18.0 Å². The average molecular weight is 444 g/mol. The number of aryl methyl sites for hydroxylation is 1. The summed E-state index contributed by atoms with van der Waals surface area (Å²) in [4.78, 5) is 25.1. The van der Waals surface area contributed by atoms with Crippen molar-refractivity contribution in [3.63, 3.8) is 0 Å². The number of methoxy groups -OCH3 is 1. The number of nitrogens with one attached hydrogen (secondary N) is 1. The van der Waals surface area contributed by atoms with E-state index >= 15 is 0 Å². The highest BCUT2D eigenvalue weighted by molar-refractivity contribution is 7.81. The van der Waals surface area contributed by atoms with Crippen molar-refractivity contribution in [1.82, 2.24) is 5.32 Å². The van der Waals surface area contributed by atoms with E-state index in [4.69, 9.17) is 0 Å². The Morgan fingerprint density at radius 3 is 2.40 bits per heavy atom. The zero-order valence-electron chi connectivity index (χ0n) is 16.3. The first-order valence-electron chi connectivity index (χ1n) is 8.91. The van der Waals surface area contributed by atoms with Crippen LogP contribution in [0.25, 0.3) is 10.4 Å². The molecule has 156 valence electrons. The van der Waals surface area contributed by atoms with Gasteiger partial charge in [0.25, 0.3) is 5.91 Å². The number of hydrogen-bond donors (Lipinski definition) is 1. The molecule has 1 aromatic heterocycles. The molecule has 7 nitrogen and oxygen atoms in total. The molecule has 1 atom stereocenters. The highest BCUT2D eigenvalue weighted by Crippen LogP contribution is 2.40. The molecule has 0 radical (unpaired) electrons. The van der Waals surface area contributed by atoms with Gasteiger partial charge in [0.2, 0.25) is 0 Å². The van der Waals surface area contributed by atoms with Crippen molar-refractivity contribution in [3.05, 3.63) is 71.1 Å². The first-order chi connectivity index (χ1) is 14.4. The summed E-state index contributed by atoms with van der Waals surface area (Å²) in [5, 5.41) is 2.48. The van der Waals surface area contributed by atoms with Gasteiger partial charge in [-0.2, -0.15) is 0 Å². The van der Waals surface area contributed by atoms with Crippen molar-refractivity contribution >= 4 is 45.9 Å². The summed E-state index contributed by atoms with van der Waals surface area (Å²) in [5.74, 6) is -1.17. The van der Waals surface area contributed by atoms with Crippen LogP contribution in [0.4, 0.5) is 11.4 Å². The van der Waals surface area contributed by atoms with Crippen LogP contribution in [0, 0.1) is 6.92 Å². The van der Waals surface area contributed by atoms with Crippen molar-refractivity contribution in [1.29, 1.82) is 0 Å². The molecule has 0 aliphatic carbocycles. The van der Waals surface area contributed by atoms with Crippen molar-refractivity contribution in [3.8, 4) is 10.4 Å². The molecular weight excluding hydrogens is 424 g/mol. The lowest BCUT2D eigenvalue weighted by Gasteiger charge is -2.26. The predicted molar refractivity (Wildman–Crippen MR) is 116 cm³/mol. The number of rotatable bonds is 7. The second-order valence-corrected chi connectivity index (χ2v) is 8.15. The van der Waals surface area contributed by atoms with E-state index in [-0.39, 0.29) is 17.1 Å². The van der Waals surface area contributed by atoms with Gasteiger partial charge < -0.3 is 14.6 Å². The molecular formula is C21H19N2O5S2-. The molecule has 3 aromatic rings. The summed E-state index contributed by atoms with van der Waals surface area (Å²) in [7, 11) is 1.22. The van der Waals surface area contributed by atoms with Crippen LogP contribution in [0.5, 0.6) is 0 Å². The normalized spacial score (nSPS) is 11.6. The fraction of sp³-hybridized carbons (Fsp3) is 0.143. The monoisotopic (exact) mass is 443 g/mol. The van der Waals surface area contributed by atoms with Gasteiger partial charge in [-0.3, -0.25) is 18.1 Å². The molecule has 0 saturated carbocycles. The molecule has 30 heavy (non-hydrogen) atoms. The second-order valence-electron chi connectivity index (χ2n) is 6.30. The Balaban J connectivity index is 2.08. The number of nitrogens with zero attached hydrogens (tertiary/aromatic N) is 1. The van der Waals surface area contributed by atoms with Crippen LogP contribution < -0.4 is 9.62 Å². The van der Waals surface area contributed by atoms with Crippen LogP contribution >= 0.6 is 11.3 Å². The quantitative estimate of drug-likeness (QED) is 0.445. The minimum atomic E-state index is -2.68. The highest BCUT2D eigenvalue weighted by Gasteiger charge is 2.24. The van der Waals surface area contributed by atoms with Crippen LogP contribution in [0.2, 0.25) is 0 Å². The molecule has 0 aliphatic rings. The lowest BCUT2D eigenvalue weighted by Crippen LogP contribution is -2.31. The average Bonchev–Trinajstić information content (AvgIpc) is 3.18. The van der Waals surface area contributed by atoms with E-state index < -0.39 is 23.1 Å². The van der Waals surface area contributed by atoms with Crippen LogP contribution in [-0.2, 0) is 20.8 Å². The minimum Gasteiger partial charge on any atom is -0.755 e. The summed E-state index contributed by atoms with van der Waals surface area (Å²) in [6.07, 6.45) is 0. The zero-order chi connectivity index (χ0) is 21.7. The molecule has 1 unspecified atom stereocenters. The number of thiophene rings is 1. The van der Waals surface area contributed by atoms with Crippen molar-refractivity contribution in [2.24, 2.45) is 0 Å². The van der Waals surface area contributed by atoms with Crippen molar-refractivity contribution < 1.29 is 23.1 Å². The van der Waals surface area contributed by atoms with Gasteiger partial charge in [0.15, 0.2) is 0 Å². The SMILES string of the molecule is COC(=O)CNC(=O)c1sc(-c2ccccc2)cc1N(c1ccc(C)cc1)S(=O)[O-]. The number of ether oxygens (including phenoxy) is 1. The van der Waals surface area contributed by atoms with Crippen LogP contribution in [0.15, 0.2) is 60.7 Å². The molecule has 0 aliphatic heterocycles. The Bertz CT molecular complexity index is 1060. The Labute approximate surface area is 180 Å². The summed E-state index contributed by atoms with van der Waals surface area (Å²) in [5.41, 5.74) is 2.42. The topological polar surface area (TPSA) is 98.8 Å². The molecule has 1 amide bonds. The Kier molecular flexibility index (Phi) is 6.99. The third kappa shape index (κ3) is 4.93. The summed E-state index contributed by atoms with van der Waals surface area (Å²) in [6, 6.07) is 17.9. The highest BCUT2D eigenvalue weighted by atomic mass is 32.2. The van der Waals surface area contributed by atoms with E-state index in [1.165, 1.54) is 7.11 Å². The molecule has 3 rings (SSSR count). The van der Waals surface area contributed by atoms with Gasteiger partial charge >= 0.3 is 5.97 Å². The number of benzene rings is 2. The van der Waals surface area contributed by atoms with Gasteiger partial charge in [0.05, 0.1) is 29.8 Å². The van der Waals surface area contributed by atoms with Gasteiger partial charge in [-0.1, -0.05) is 48.0 Å². The van der Waals surface area contributed by atoms with E-state index in [2.05, 4.69) is 10.1 Å². The summed E-state index contributed by atoms with van der Waals surface area (Å²) in [6.45, 7) is 1.57. The Morgan fingerprint density at radius 2 is 1.80 bits per heavy atom. The van der Waals surface area contributed by atoms with E-state index in [0.717, 1.165) is 31.6 Å². The molecule has 9 heteroatoms. The maximum Gasteiger partial charge on any atom is 0.325 e. The number of carbonyl (C=O) groups is 2. The lowest BCUT2D eigenvalue weighted by molar-refractivity contribution is -0.139. The maximum absolute atomic E-state index is 12.8. The summed E-state index contributed by atoms with van der Waals surface area (Å²) < 4.78 is 29.9. The van der Waals surface area contributed by atoms with Gasteiger partial charge in [-0.25, -0.2) is 0 Å². The van der Waals surface area contributed by atoms with Crippen LogP contribution in [0.3, 0.4) is 0 Å². The fourth-order valence-electron chi connectivity index (χ4n) is 2.73. The Morgan fingerprint density at radius 1 is 1.13 bits per heavy atom. The molecule has 0 bridgehead atoms. The van der Waals surface area contributed by atoms with Gasteiger partial charge in [-0.15, -0.1) is 11.3 Å². The van der Waals surface area contributed by atoms with Crippen LogP contribution in [-0.4, -0.2) is 34.3 Å². The smallest absolute Gasteiger partial charge is 0.325 e. The Hall–Kier alpha value is -3.01. The molecule has 1 N–H and O–H groups in total. The maximum atomic E-state index is 12.8. The van der Waals surface area contributed by atoms with E-state index in [1.807, 2.05) is 37.3 Å². The first kappa shape index (κ1) is 21.7. The number of hydrogen-bond acceptors (Lipinski definition) is 6. The lowest BCUT2D eigenvalue weighted by atomic mass is 10.2. The number of carbonyl (C=O) groups excluding carboxylic acids is 2. The molecule has 0 fully saturated rings. The molecule has 1 heterocycles. The first-order valence-corrected chi connectivity index (χ1v) is 10.8.